The van der Waals surface area contributed by atoms with Crippen molar-refractivity contribution in [2.24, 2.45) is 0 Å². The lowest BCUT2D eigenvalue weighted by atomic mass is 10.2. The van der Waals surface area contributed by atoms with E-state index in [1.54, 1.807) is 0 Å². The third-order valence-corrected chi connectivity index (χ3v) is 5.90. The number of carbonyl (C=O) groups excluding carboxylic acids is 2. The highest BCUT2D eigenvalue weighted by Gasteiger charge is 2.27. The maximum Gasteiger partial charge on any atom is 0.265 e. The maximum absolute atomic E-state index is 12.9. The maximum atomic E-state index is 12.9. The Morgan fingerprint density at radius 2 is 1.70 bits per heavy atom. The van der Waals surface area contributed by atoms with E-state index in [4.69, 9.17) is 0 Å². The van der Waals surface area contributed by atoms with Crippen molar-refractivity contribution in [1.29, 1.82) is 0 Å². The monoisotopic (exact) mass is 386 g/mol. The molecular formula is C20H26N4O2S. The molecule has 1 saturated heterocycles. The molecule has 6 nitrogen and oxygen atoms in total. The Kier molecular flexibility index (Phi) is 6.23. The summed E-state index contributed by atoms with van der Waals surface area (Å²) in [7, 11) is 3.93. The zero-order valence-corrected chi connectivity index (χ0v) is 17.0. The van der Waals surface area contributed by atoms with Crippen LogP contribution in [-0.2, 0) is 4.79 Å². The van der Waals surface area contributed by atoms with Gasteiger partial charge in [-0.1, -0.05) is 30.3 Å². The fraction of sp³-hybridized carbons (Fsp3) is 0.450. The van der Waals surface area contributed by atoms with Gasteiger partial charge in [-0.25, -0.2) is 4.98 Å². The van der Waals surface area contributed by atoms with Gasteiger partial charge in [0.1, 0.15) is 9.88 Å². The summed E-state index contributed by atoms with van der Waals surface area (Å²) in [6.07, 6.45) is 0.523. The standard InChI is InChI=1S/C20H26N4O2S/c1-15-18(27-19(21-15)16-7-5-4-6-8-16)20(26)24-13-11-23(12-14-24)17(25)9-10-22(2)3/h4-8H,9-14H2,1-3H3. The molecule has 2 amide bonds. The predicted molar refractivity (Wildman–Crippen MR) is 108 cm³/mol. The van der Waals surface area contributed by atoms with Crippen molar-refractivity contribution in [3.8, 4) is 10.6 Å². The van der Waals surface area contributed by atoms with E-state index >= 15 is 0 Å². The number of nitrogens with zero attached hydrogens (tertiary/aromatic N) is 4. The zero-order chi connectivity index (χ0) is 19.4. The van der Waals surface area contributed by atoms with E-state index in [1.807, 2.05) is 66.1 Å². The van der Waals surface area contributed by atoms with Crippen LogP contribution >= 0.6 is 11.3 Å². The van der Waals surface area contributed by atoms with E-state index in [0.29, 0.717) is 37.5 Å². The molecule has 1 fully saturated rings. The van der Waals surface area contributed by atoms with E-state index < -0.39 is 0 Å². The molecule has 1 aromatic carbocycles. The van der Waals surface area contributed by atoms with E-state index in [-0.39, 0.29) is 11.8 Å². The largest absolute Gasteiger partial charge is 0.339 e. The summed E-state index contributed by atoms with van der Waals surface area (Å²) >= 11 is 1.44. The van der Waals surface area contributed by atoms with E-state index in [0.717, 1.165) is 22.8 Å². The Morgan fingerprint density at radius 1 is 1.07 bits per heavy atom. The molecule has 0 radical (unpaired) electrons. The molecule has 0 atom stereocenters. The van der Waals surface area contributed by atoms with Gasteiger partial charge in [-0.3, -0.25) is 9.59 Å². The van der Waals surface area contributed by atoms with Crippen molar-refractivity contribution in [3.05, 3.63) is 40.9 Å². The van der Waals surface area contributed by atoms with Crippen molar-refractivity contribution < 1.29 is 9.59 Å². The number of hydrogen-bond donors (Lipinski definition) is 0. The van der Waals surface area contributed by atoms with Gasteiger partial charge in [-0.05, 0) is 21.0 Å². The lowest BCUT2D eigenvalue weighted by Gasteiger charge is -2.34. The summed E-state index contributed by atoms with van der Waals surface area (Å²) in [6, 6.07) is 9.92. The van der Waals surface area contributed by atoms with E-state index in [2.05, 4.69) is 4.98 Å². The average Bonchev–Trinajstić information content (AvgIpc) is 3.08. The van der Waals surface area contributed by atoms with Gasteiger partial charge in [0.25, 0.3) is 5.91 Å². The van der Waals surface area contributed by atoms with Crippen LogP contribution in [0.5, 0.6) is 0 Å². The smallest absolute Gasteiger partial charge is 0.265 e. The summed E-state index contributed by atoms with van der Waals surface area (Å²) in [6.45, 7) is 4.98. The minimum Gasteiger partial charge on any atom is -0.339 e. The van der Waals surface area contributed by atoms with Gasteiger partial charge in [0.05, 0.1) is 5.69 Å². The second-order valence-electron chi connectivity index (χ2n) is 7.03. The Balaban J connectivity index is 1.61. The van der Waals surface area contributed by atoms with Crippen LogP contribution < -0.4 is 0 Å². The first kappa shape index (κ1) is 19.5. The topological polar surface area (TPSA) is 56.8 Å². The summed E-state index contributed by atoms with van der Waals surface area (Å²) in [5.41, 5.74) is 1.80. The van der Waals surface area contributed by atoms with Gasteiger partial charge < -0.3 is 14.7 Å². The normalized spacial score (nSPS) is 14.7. The van der Waals surface area contributed by atoms with E-state index in [9.17, 15) is 9.59 Å². The quantitative estimate of drug-likeness (QED) is 0.792. The highest BCUT2D eigenvalue weighted by Crippen LogP contribution is 2.28. The number of benzene rings is 1. The number of thiazole rings is 1. The molecule has 0 spiro atoms. The second kappa shape index (κ2) is 8.63. The van der Waals surface area contributed by atoms with Crippen LogP contribution in [0.1, 0.15) is 21.8 Å². The Bertz CT molecular complexity index is 796. The predicted octanol–water partition coefficient (Wildman–Crippen LogP) is 2.35. The SMILES string of the molecule is Cc1nc(-c2ccccc2)sc1C(=O)N1CCN(C(=O)CCN(C)C)CC1. The Labute approximate surface area is 164 Å². The molecule has 0 saturated carbocycles. The third-order valence-electron chi connectivity index (χ3n) is 4.70. The summed E-state index contributed by atoms with van der Waals surface area (Å²) < 4.78 is 0. The number of piperazine rings is 1. The van der Waals surface area contributed by atoms with Crippen molar-refractivity contribution >= 4 is 23.2 Å². The average molecular weight is 387 g/mol. The number of amides is 2. The Morgan fingerprint density at radius 3 is 2.33 bits per heavy atom. The summed E-state index contributed by atoms with van der Waals surface area (Å²) in [4.78, 5) is 36.2. The van der Waals surface area contributed by atoms with Crippen molar-refractivity contribution in [1.82, 2.24) is 19.7 Å². The van der Waals surface area contributed by atoms with Crippen molar-refractivity contribution in [2.45, 2.75) is 13.3 Å². The summed E-state index contributed by atoms with van der Waals surface area (Å²) in [5, 5.41) is 0.869. The molecule has 1 aliphatic heterocycles. The lowest BCUT2D eigenvalue weighted by molar-refractivity contribution is -0.132. The number of hydrogen-bond acceptors (Lipinski definition) is 5. The molecule has 0 aliphatic carbocycles. The molecule has 7 heteroatoms. The fourth-order valence-corrected chi connectivity index (χ4v) is 4.12. The fourth-order valence-electron chi connectivity index (χ4n) is 3.08. The van der Waals surface area contributed by atoms with E-state index in [1.165, 1.54) is 11.3 Å². The van der Waals surface area contributed by atoms with Gasteiger partial charge in [0.2, 0.25) is 5.91 Å². The molecule has 0 bridgehead atoms. The third kappa shape index (κ3) is 4.73. The molecular weight excluding hydrogens is 360 g/mol. The van der Waals surface area contributed by atoms with Crippen LogP contribution in [0.2, 0.25) is 0 Å². The lowest BCUT2D eigenvalue weighted by Crippen LogP contribution is -2.50. The van der Waals surface area contributed by atoms with Crippen LogP contribution in [0.15, 0.2) is 30.3 Å². The number of carbonyl (C=O) groups is 2. The Hall–Kier alpha value is -2.25. The highest BCUT2D eigenvalue weighted by atomic mass is 32.1. The van der Waals surface area contributed by atoms with Gasteiger partial charge in [-0.2, -0.15) is 0 Å². The van der Waals surface area contributed by atoms with Crippen molar-refractivity contribution in [3.63, 3.8) is 0 Å². The van der Waals surface area contributed by atoms with Crippen LogP contribution in [0.3, 0.4) is 0 Å². The summed E-state index contributed by atoms with van der Waals surface area (Å²) in [5.74, 6) is 0.184. The zero-order valence-electron chi connectivity index (χ0n) is 16.1. The van der Waals surface area contributed by atoms with Crippen LogP contribution in [-0.4, -0.2) is 78.3 Å². The molecule has 1 aliphatic rings. The molecule has 0 N–H and O–H groups in total. The van der Waals surface area contributed by atoms with Gasteiger partial charge >= 0.3 is 0 Å². The molecule has 0 unspecified atom stereocenters. The molecule has 2 heterocycles. The molecule has 2 aromatic rings. The molecule has 3 rings (SSSR count). The minimum absolute atomic E-state index is 0.0209. The van der Waals surface area contributed by atoms with Gasteiger partial charge in [-0.15, -0.1) is 11.3 Å². The number of rotatable bonds is 5. The first-order chi connectivity index (χ1) is 13.0. The number of aryl methyl sites for hydroxylation is 1. The van der Waals surface area contributed by atoms with Crippen LogP contribution in [0.25, 0.3) is 10.6 Å². The van der Waals surface area contributed by atoms with Gasteiger partial charge in [0, 0.05) is 44.7 Å². The van der Waals surface area contributed by atoms with Crippen LogP contribution in [0.4, 0.5) is 0 Å². The molecule has 27 heavy (non-hydrogen) atoms. The first-order valence-electron chi connectivity index (χ1n) is 9.20. The van der Waals surface area contributed by atoms with Gasteiger partial charge in [0.15, 0.2) is 0 Å². The number of aromatic nitrogens is 1. The first-order valence-corrected chi connectivity index (χ1v) is 10.0. The molecule has 144 valence electrons. The highest BCUT2D eigenvalue weighted by molar-refractivity contribution is 7.17. The van der Waals surface area contributed by atoms with Crippen LogP contribution in [0, 0.1) is 6.92 Å². The van der Waals surface area contributed by atoms with Crippen molar-refractivity contribution in [2.75, 3.05) is 46.8 Å². The second-order valence-corrected chi connectivity index (χ2v) is 8.02. The minimum atomic E-state index is 0.0209. The molecule has 1 aromatic heterocycles.